The fourth-order valence-electron chi connectivity index (χ4n) is 2.58. The molecule has 0 aliphatic heterocycles. The third-order valence-electron chi connectivity index (χ3n) is 4.16. The zero-order valence-corrected chi connectivity index (χ0v) is 14.3. The molecule has 0 aliphatic rings. The second-order valence-corrected chi connectivity index (χ2v) is 6.79. The fraction of sp³-hybridized carbons (Fsp3) is 0.444. The molecule has 1 aromatic heterocycles. The first-order valence-electron chi connectivity index (χ1n) is 7.64. The molecule has 0 spiro atoms. The van der Waals surface area contributed by atoms with Gasteiger partial charge in [0.2, 0.25) is 0 Å². The van der Waals surface area contributed by atoms with E-state index in [0.717, 1.165) is 12.8 Å². The summed E-state index contributed by atoms with van der Waals surface area (Å²) in [4.78, 5) is 3.76. The lowest BCUT2D eigenvalue weighted by molar-refractivity contribution is 0.642. The number of hydrogen-bond acceptors (Lipinski definition) is 3. The highest BCUT2D eigenvalue weighted by molar-refractivity contribution is 7.10. The molecule has 2 N–H and O–H groups in total. The van der Waals surface area contributed by atoms with Crippen LogP contribution >= 0.6 is 11.3 Å². The van der Waals surface area contributed by atoms with Gasteiger partial charge in [-0.3, -0.25) is 0 Å². The molecule has 0 aliphatic carbocycles. The largest absolute Gasteiger partial charge is 0.367 e. The van der Waals surface area contributed by atoms with Crippen LogP contribution < -0.4 is 10.6 Å². The SMILES string of the molecule is CCC(N)Cc1cc(C)ccc1N(C)C(C)c1cccs1. The van der Waals surface area contributed by atoms with Crippen molar-refractivity contribution >= 4 is 17.0 Å². The monoisotopic (exact) mass is 302 g/mol. The van der Waals surface area contributed by atoms with Crippen LogP contribution in [0.15, 0.2) is 35.7 Å². The van der Waals surface area contributed by atoms with Crippen LogP contribution in [0.2, 0.25) is 0 Å². The van der Waals surface area contributed by atoms with Crippen molar-refractivity contribution in [2.45, 2.75) is 45.7 Å². The number of aryl methyl sites for hydroxylation is 1. The quantitative estimate of drug-likeness (QED) is 0.849. The Balaban J connectivity index is 2.29. The van der Waals surface area contributed by atoms with Crippen molar-refractivity contribution in [3.63, 3.8) is 0 Å². The summed E-state index contributed by atoms with van der Waals surface area (Å²) in [5.41, 5.74) is 10.1. The van der Waals surface area contributed by atoms with Gasteiger partial charge in [0.25, 0.3) is 0 Å². The molecule has 0 fully saturated rings. The summed E-state index contributed by atoms with van der Waals surface area (Å²) in [6.07, 6.45) is 1.95. The average Bonchev–Trinajstić information content (AvgIpc) is 3.00. The van der Waals surface area contributed by atoms with Crippen molar-refractivity contribution in [2.75, 3.05) is 11.9 Å². The fourth-order valence-corrected chi connectivity index (χ4v) is 3.40. The molecule has 0 bridgehead atoms. The van der Waals surface area contributed by atoms with E-state index in [4.69, 9.17) is 5.73 Å². The first kappa shape index (κ1) is 16.1. The smallest absolute Gasteiger partial charge is 0.0603 e. The molecule has 21 heavy (non-hydrogen) atoms. The Hall–Kier alpha value is -1.32. The minimum Gasteiger partial charge on any atom is -0.367 e. The van der Waals surface area contributed by atoms with Gasteiger partial charge in [-0.05, 0) is 49.8 Å². The predicted octanol–water partition coefficient (Wildman–Crippen LogP) is 4.53. The van der Waals surface area contributed by atoms with E-state index in [0.29, 0.717) is 6.04 Å². The van der Waals surface area contributed by atoms with E-state index in [9.17, 15) is 0 Å². The molecule has 2 atom stereocenters. The lowest BCUT2D eigenvalue weighted by Crippen LogP contribution is -2.26. The van der Waals surface area contributed by atoms with E-state index in [1.807, 2.05) is 11.3 Å². The Bertz CT molecular complexity index is 563. The molecular formula is C18H26N2S. The highest BCUT2D eigenvalue weighted by atomic mass is 32.1. The maximum absolute atomic E-state index is 6.18. The molecule has 2 aromatic rings. The van der Waals surface area contributed by atoms with Crippen LogP contribution in [0.25, 0.3) is 0 Å². The summed E-state index contributed by atoms with van der Waals surface area (Å²) in [6, 6.07) is 11.6. The minimum atomic E-state index is 0.232. The summed E-state index contributed by atoms with van der Waals surface area (Å²) in [7, 11) is 2.18. The van der Waals surface area contributed by atoms with Crippen molar-refractivity contribution < 1.29 is 0 Å². The van der Waals surface area contributed by atoms with Crippen molar-refractivity contribution in [1.82, 2.24) is 0 Å². The number of anilines is 1. The molecule has 0 amide bonds. The number of thiophene rings is 1. The highest BCUT2D eigenvalue weighted by Gasteiger charge is 2.17. The predicted molar refractivity (Wildman–Crippen MR) is 94.3 cm³/mol. The van der Waals surface area contributed by atoms with Gasteiger partial charge in [0.15, 0.2) is 0 Å². The third-order valence-corrected chi connectivity index (χ3v) is 5.20. The lowest BCUT2D eigenvalue weighted by atomic mass is 9.99. The normalized spacial score (nSPS) is 14.0. The van der Waals surface area contributed by atoms with Crippen LogP contribution in [-0.4, -0.2) is 13.1 Å². The van der Waals surface area contributed by atoms with Crippen LogP contribution in [0, 0.1) is 6.92 Å². The molecule has 2 rings (SSSR count). The first-order valence-corrected chi connectivity index (χ1v) is 8.52. The van der Waals surface area contributed by atoms with Crippen LogP contribution in [0.5, 0.6) is 0 Å². The number of hydrogen-bond donors (Lipinski definition) is 1. The Labute approximate surface area is 132 Å². The summed E-state index contributed by atoms with van der Waals surface area (Å²) >= 11 is 1.82. The van der Waals surface area contributed by atoms with Gasteiger partial charge in [-0.2, -0.15) is 0 Å². The molecule has 1 aromatic carbocycles. The number of nitrogens with two attached hydrogens (primary N) is 1. The van der Waals surface area contributed by atoms with Gasteiger partial charge in [0.1, 0.15) is 0 Å². The van der Waals surface area contributed by atoms with Gasteiger partial charge < -0.3 is 10.6 Å². The molecule has 0 saturated heterocycles. The van der Waals surface area contributed by atoms with Gasteiger partial charge in [-0.1, -0.05) is 30.7 Å². The van der Waals surface area contributed by atoms with Gasteiger partial charge in [-0.15, -0.1) is 11.3 Å². The molecule has 0 saturated carbocycles. The van der Waals surface area contributed by atoms with E-state index in [-0.39, 0.29) is 6.04 Å². The van der Waals surface area contributed by atoms with E-state index >= 15 is 0 Å². The minimum absolute atomic E-state index is 0.232. The van der Waals surface area contributed by atoms with Crippen LogP contribution in [-0.2, 0) is 6.42 Å². The standard InChI is InChI=1S/C18H26N2S/c1-5-16(19)12-15-11-13(2)8-9-17(15)20(4)14(3)18-7-6-10-21-18/h6-11,14,16H,5,12,19H2,1-4H3. The summed E-state index contributed by atoms with van der Waals surface area (Å²) in [5, 5.41) is 2.14. The van der Waals surface area contributed by atoms with Crippen molar-refractivity contribution in [3.8, 4) is 0 Å². The van der Waals surface area contributed by atoms with E-state index in [1.54, 1.807) is 0 Å². The van der Waals surface area contributed by atoms with Crippen LogP contribution in [0.1, 0.15) is 42.3 Å². The maximum atomic E-state index is 6.18. The van der Waals surface area contributed by atoms with E-state index in [2.05, 4.69) is 68.4 Å². The molecule has 0 radical (unpaired) electrons. The summed E-state index contributed by atoms with van der Waals surface area (Å²) in [5.74, 6) is 0. The van der Waals surface area contributed by atoms with Gasteiger partial charge in [-0.25, -0.2) is 0 Å². The van der Waals surface area contributed by atoms with Gasteiger partial charge in [0, 0.05) is 23.7 Å². The highest BCUT2D eigenvalue weighted by Crippen LogP contribution is 2.31. The third kappa shape index (κ3) is 3.86. The summed E-state index contributed by atoms with van der Waals surface area (Å²) < 4.78 is 0. The lowest BCUT2D eigenvalue weighted by Gasteiger charge is -2.29. The Morgan fingerprint density at radius 1 is 1.29 bits per heavy atom. The maximum Gasteiger partial charge on any atom is 0.0603 e. The molecular weight excluding hydrogens is 276 g/mol. The number of benzene rings is 1. The molecule has 114 valence electrons. The Kier molecular flexibility index (Phi) is 5.43. The Morgan fingerprint density at radius 3 is 2.67 bits per heavy atom. The molecule has 1 heterocycles. The first-order chi connectivity index (χ1) is 10.0. The van der Waals surface area contributed by atoms with Crippen molar-refractivity contribution in [1.29, 1.82) is 0 Å². The summed E-state index contributed by atoms with van der Waals surface area (Å²) in [6.45, 7) is 6.56. The van der Waals surface area contributed by atoms with E-state index in [1.165, 1.54) is 21.7 Å². The number of nitrogens with zero attached hydrogens (tertiary/aromatic N) is 1. The zero-order valence-electron chi connectivity index (χ0n) is 13.5. The van der Waals surface area contributed by atoms with Crippen molar-refractivity contribution in [2.24, 2.45) is 5.73 Å². The number of rotatable bonds is 6. The molecule has 2 unspecified atom stereocenters. The topological polar surface area (TPSA) is 29.3 Å². The van der Waals surface area contributed by atoms with Gasteiger partial charge in [0.05, 0.1) is 6.04 Å². The van der Waals surface area contributed by atoms with E-state index < -0.39 is 0 Å². The average molecular weight is 302 g/mol. The Morgan fingerprint density at radius 2 is 2.05 bits per heavy atom. The van der Waals surface area contributed by atoms with Crippen LogP contribution in [0.4, 0.5) is 5.69 Å². The zero-order chi connectivity index (χ0) is 15.4. The van der Waals surface area contributed by atoms with Crippen molar-refractivity contribution in [3.05, 3.63) is 51.7 Å². The second kappa shape index (κ2) is 7.10. The molecule has 3 heteroatoms. The second-order valence-electron chi connectivity index (χ2n) is 5.81. The molecule has 2 nitrogen and oxygen atoms in total. The van der Waals surface area contributed by atoms with Gasteiger partial charge >= 0.3 is 0 Å². The van der Waals surface area contributed by atoms with Crippen LogP contribution in [0.3, 0.4) is 0 Å².